The Hall–Kier alpha value is -6.16. The molecule has 0 unspecified atom stereocenters. The lowest BCUT2D eigenvalue weighted by atomic mass is 9.97. The van der Waals surface area contributed by atoms with Crippen molar-refractivity contribution < 1.29 is 4.42 Å². The van der Waals surface area contributed by atoms with E-state index in [1.54, 1.807) is 0 Å². The molecule has 0 amide bonds. The van der Waals surface area contributed by atoms with Crippen molar-refractivity contribution in [3.63, 3.8) is 0 Å². The van der Waals surface area contributed by atoms with Gasteiger partial charge < -0.3 is 9.32 Å². The lowest BCUT2D eigenvalue weighted by molar-refractivity contribution is 0.670. The lowest BCUT2D eigenvalue weighted by Gasteiger charge is -2.30. The van der Waals surface area contributed by atoms with E-state index in [9.17, 15) is 0 Å². The van der Waals surface area contributed by atoms with E-state index in [1.165, 1.54) is 65.3 Å². The molecule has 0 N–H and O–H groups in total. The van der Waals surface area contributed by atoms with E-state index < -0.39 is 8.07 Å². The molecule has 8 aromatic carbocycles. The van der Waals surface area contributed by atoms with Crippen molar-refractivity contribution in [2.75, 3.05) is 4.90 Å². The Morgan fingerprint density at radius 2 is 1.14 bits per heavy atom. The molecule has 9 aromatic rings. The van der Waals surface area contributed by atoms with E-state index in [0.717, 1.165) is 28.2 Å². The van der Waals surface area contributed by atoms with E-state index in [-0.39, 0.29) is 0 Å². The second-order valence-corrected chi connectivity index (χ2v) is 18.4. The monoisotopic (exact) mass is 669 g/mol. The molecular weight excluding hydrogens is 635 g/mol. The van der Waals surface area contributed by atoms with Crippen LogP contribution in [0.15, 0.2) is 180 Å². The number of benzene rings is 8. The average molecular weight is 670 g/mol. The van der Waals surface area contributed by atoms with Crippen molar-refractivity contribution in [1.29, 1.82) is 0 Å². The van der Waals surface area contributed by atoms with Gasteiger partial charge in [-0.15, -0.1) is 0 Å². The van der Waals surface area contributed by atoms with Gasteiger partial charge in [0, 0.05) is 33.3 Å². The van der Waals surface area contributed by atoms with Gasteiger partial charge in [-0.2, -0.15) is 0 Å². The first-order valence-corrected chi connectivity index (χ1v) is 20.7. The zero-order valence-corrected chi connectivity index (χ0v) is 29.6. The fourth-order valence-electron chi connectivity index (χ4n) is 8.38. The summed E-state index contributed by atoms with van der Waals surface area (Å²) in [6.45, 7) is 4.97. The Bertz CT molecular complexity index is 2790. The fourth-order valence-corrected chi connectivity index (χ4v) is 11.4. The summed E-state index contributed by atoms with van der Waals surface area (Å²) in [6, 6.07) is 64.0. The van der Waals surface area contributed by atoms with Gasteiger partial charge in [0.15, 0.2) is 0 Å². The van der Waals surface area contributed by atoms with Gasteiger partial charge in [-0.05, 0) is 79.8 Å². The molecule has 1 aromatic heterocycles. The molecule has 0 bridgehead atoms. The number of hydrogen-bond donors (Lipinski definition) is 0. The number of anilines is 3. The molecule has 3 heteroatoms. The molecule has 10 rings (SSSR count). The summed E-state index contributed by atoms with van der Waals surface area (Å²) in [6.07, 6.45) is 0. The Balaban J connectivity index is 1.20. The number of rotatable bonds is 5. The molecule has 2 nitrogen and oxygen atoms in total. The van der Waals surface area contributed by atoms with Crippen molar-refractivity contribution in [2.24, 2.45) is 0 Å². The van der Waals surface area contributed by atoms with Crippen LogP contribution in [-0.2, 0) is 0 Å². The molecule has 0 saturated carbocycles. The highest BCUT2D eigenvalue weighted by molar-refractivity contribution is 7.04. The largest absolute Gasteiger partial charge is 0.455 e. The van der Waals surface area contributed by atoms with Crippen molar-refractivity contribution in [1.82, 2.24) is 0 Å². The molecule has 0 radical (unpaired) electrons. The van der Waals surface area contributed by atoms with Crippen molar-refractivity contribution >= 4 is 68.2 Å². The minimum Gasteiger partial charge on any atom is -0.455 e. The molecule has 242 valence electrons. The van der Waals surface area contributed by atoms with Crippen LogP contribution in [0.4, 0.5) is 17.1 Å². The molecular formula is C48H35NOSi. The smallest absolute Gasteiger partial charge is 0.143 e. The van der Waals surface area contributed by atoms with Gasteiger partial charge in [0.2, 0.25) is 0 Å². The molecule has 0 spiro atoms. The first-order chi connectivity index (χ1) is 25.1. The standard InChI is InChI=1S/C48H35NOSi/c1-51(2)45-29-28-41-40-22-9-11-25-44(40)50-48(41)47(45)42-27-26-36(31-46(42)51)49(43-24-10-8-21-39(43)33-14-4-3-5-15-33)35-19-12-18-34(30-35)38-23-13-17-32-16-6-7-20-37(32)38/h3-31H,1-2H3. The van der Waals surface area contributed by atoms with Crippen LogP contribution in [0.25, 0.3) is 66.1 Å². The SMILES string of the molecule is C[Si]1(C)c2cc(N(c3cccc(-c4cccc5ccccc45)c3)c3ccccc3-c3ccccc3)ccc2-c2c1ccc1c2oc2ccccc21. The molecule has 0 fully saturated rings. The molecule has 0 saturated heterocycles. The van der Waals surface area contributed by atoms with E-state index >= 15 is 0 Å². The fraction of sp³-hybridized carbons (Fsp3) is 0.0417. The normalized spacial score (nSPS) is 13.1. The number of fused-ring (bicyclic) bond motifs is 8. The quantitative estimate of drug-likeness (QED) is 0.170. The summed E-state index contributed by atoms with van der Waals surface area (Å²) in [7, 11) is -2.09. The third-order valence-corrected chi connectivity index (χ3v) is 14.4. The molecule has 0 aliphatic carbocycles. The Morgan fingerprint density at radius 1 is 0.451 bits per heavy atom. The second-order valence-electron chi connectivity index (χ2n) is 14.1. The van der Waals surface area contributed by atoms with Gasteiger partial charge in [-0.25, -0.2) is 0 Å². The maximum absolute atomic E-state index is 6.62. The number of hydrogen-bond acceptors (Lipinski definition) is 2. The summed E-state index contributed by atoms with van der Waals surface area (Å²) in [4.78, 5) is 2.46. The van der Waals surface area contributed by atoms with Crippen molar-refractivity contribution in [3.05, 3.63) is 176 Å². The molecule has 2 heterocycles. The van der Waals surface area contributed by atoms with Crippen LogP contribution in [0, 0.1) is 0 Å². The lowest BCUT2D eigenvalue weighted by Crippen LogP contribution is -2.49. The maximum Gasteiger partial charge on any atom is 0.143 e. The number of nitrogens with zero attached hydrogens (tertiary/aromatic N) is 1. The Morgan fingerprint density at radius 3 is 2.04 bits per heavy atom. The molecule has 51 heavy (non-hydrogen) atoms. The predicted molar refractivity (Wildman–Crippen MR) is 219 cm³/mol. The van der Waals surface area contributed by atoms with E-state index in [4.69, 9.17) is 4.42 Å². The van der Waals surface area contributed by atoms with Crippen molar-refractivity contribution in [3.8, 4) is 33.4 Å². The van der Waals surface area contributed by atoms with E-state index in [2.05, 4.69) is 194 Å². The van der Waals surface area contributed by atoms with Gasteiger partial charge in [-0.1, -0.05) is 153 Å². The van der Waals surface area contributed by atoms with E-state index in [1.807, 2.05) is 0 Å². The zero-order valence-electron chi connectivity index (χ0n) is 28.6. The zero-order chi connectivity index (χ0) is 34.1. The third kappa shape index (κ3) is 4.62. The van der Waals surface area contributed by atoms with Gasteiger partial charge in [0.1, 0.15) is 19.2 Å². The highest BCUT2D eigenvalue weighted by Gasteiger charge is 2.40. The summed E-state index contributed by atoms with van der Waals surface area (Å²) >= 11 is 0. The Labute approximate surface area is 298 Å². The highest BCUT2D eigenvalue weighted by Crippen LogP contribution is 2.45. The third-order valence-electron chi connectivity index (χ3n) is 10.9. The van der Waals surface area contributed by atoms with E-state index in [0.29, 0.717) is 0 Å². The van der Waals surface area contributed by atoms with Crippen LogP contribution in [0.2, 0.25) is 13.1 Å². The molecule has 1 aliphatic heterocycles. The van der Waals surface area contributed by atoms with Crippen LogP contribution < -0.4 is 15.3 Å². The van der Waals surface area contributed by atoms with Crippen molar-refractivity contribution in [2.45, 2.75) is 13.1 Å². The van der Waals surface area contributed by atoms with Gasteiger partial charge >= 0.3 is 0 Å². The van der Waals surface area contributed by atoms with Gasteiger partial charge in [0.25, 0.3) is 0 Å². The van der Waals surface area contributed by atoms with Crippen LogP contribution in [-0.4, -0.2) is 8.07 Å². The minimum atomic E-state index is -2.09. The van der Waals surface area contributed by atoms with Crippen LogP contribution in [0.5, 0.6) is 0 Å². The van der Waals surface area contributed by atoms with Crippen LogP contribution in [0.1, 0.15) is 0 Å². The van der Waals surface area contributed by atoms with Crippen LogP contribution >= 0.6 is 0 Å². The summed E-state index contributed by atoms with van der Waals surface area (Å²) in [5.74, 6) is 0. The first-order valence-electron chi connectivity index (χ1n) is 17.7. The number of furan rings is 1. The summed E-state index contributed by atoms with van der Waals surface area (Å²) in [5.41, 5.74) is 12.8. The predicted octanol–water partition coefficient (Wildman–Crippen LogP) is 12.3. The van der Waals surface area contributed by atoms with Gasteiger partial charge in [-0.3, -0.25) is 0 Å². The topological polar surface area (TPSA) is 16.4 Å². The Kier molecular flexibility index (Phi) is 6.67. The summed E-state index contributed by atoms with van der Waals surface area (Å²) in [5, 5.41) is 7.75. The minimum absolute atomic E-state index is 0.945. The highest BCUT2D eigenvalue weighted by atomic mass is 28.3. The summed E-state index contributed by atoms with van der Waals surface area (Å²) < 4.78 is 6.62. The maximum atomic E-state index is 6.62. The molecule has 0 atom stereocenters. The number of para-hydroxylation sites is 2. The average Bonchev–Trinajstić information content (AvgIpc) is 3.67. The van der Waals surface area contributed by atoms with Crippen LogP contribution in [0.3, 0.4) is 0 Å². The van der Waals surface area contributed by atoms with Gasteiger partial charge in [0.05, 0.1) is 5.69 Å². The second kappa shape index (κ2) is 11.4. The molecule has 1 aliphatic rings. The first kappa shape index (κ1) is 29.7.